The van der Waals surface area contributed by atoms with Crippen molar-refractivity contribution in [2.75, 3.05) is 11.9 Å². The van der Waals surface area contributed by atoms with Gasteiger partial charge >= 0.3 is 0 Å². The predicted molar refractivity (Wildman–Crippen MR) is 127 cm³/mol. The minimum Gasteiger partial charge on any atom is -0.507 e. The van der Waals surface area contributed by atoms with Crippen LogP contribution in [-0.2, 0) is 4.79 Å². The number of phenols is 1. The second-order valence-corrected chi connectivity index (χ2v) is 9.12. The normalized spacial score (nSPS) is 13.4. The number of halogens is 2. The molecule has 8 heteroatoms. The van der Waals surface area contributed by atoms with Crippen LogP contribution >= 0.6 is 31.9 Å². The fraction of sp³-hybridized carbons (Fsp3) is 0.125. The molecule has 1 unspecified atom stereocenters. The van der Waals surface area contributed by atoms with Gasteiger partial charge in [-0.15, -0.1) is 0 Å². The van der Waals surface area contributed by atoms with Gasteiger partial charge in [0.1, 0.15) is 11.5 Å². The zero-order valence-corrected chi connectivity index (χ0v) is 20.0. The molecule has 0 heterocycles. The molecule has 0 aliphatic heterocycles. The summed E-state index contributed by atoms with van der Waals surface area (Å²) in [5, 5.41) is 23.2. The van der Waals surface area contributed by atoms with Gasteiger partial charge in [0, 0.05) is 20.1 Å². The number of carbonyl (C=O) groups is 3. The first-order valence-corrected chi connectivity index (χ1v) is 11.2. The lowest BCUT2D eigenvalue weighted by molar-refractivity contribution is -0.119. The summed E-state index contributed by atoms with van der Waals surface area (Å²) in [6, 6.07) is 12.8. The van der Waals surface area contributed by atoms with Crippen molar-refractivity contribution in [1.29, 1.82) is 0 Å². The number of anilines is 2. The van der Waals surface area contributed by atoms with Gasteiger partial charge in [0.15, 0.2) is 11.6 Å². The third-order valence-electron chi connectivity index (χ3n) is 5.46. The molecule has 1 atom stereocenters. The third-order valence-corrected chi connectivity index (χ3v) is 6.80. The SMILES string of the molecule is CC(=O)C(CO)c1cc(Nc2ccc(O)c3c2C(=O)c2ccccc2C3=O)c(Br)cc1Br. The molecule has 4 rings (SSSR count). The highest BCUT2D eigenvalue weighted by atomic mass is 79.9. The van der Waals surface area contributed by atoms with E-state index in [9.17, 15) is 24.6 Å². The van der Waals surface area contributed by atoms with E-state index in [-0.39, 0.29) is 46.2 Å². The van der Waals surface area contributed by atoms with E-state index >= 15 is 0 Å². The zero-order valence-electron chi connectivity index (χ0n) is 16.8. The van der Waals surface area contributed by atoms with Gasteiger partial charge in [0.2, 0.25) is 0 Å². The number of carbonyl (C=O) groups excluding carboxylic acids is 3. The van der Waals surface area contributed by atoms with Crippen LogP contribution in [0, 0.1) is 0 Å². The van der Waals surface area contributed by atoms with Crippen LogP contribution in [0.25, 0.3) is 0 Å². The summed E-state index contributed by atoms with van der Waals surface area (Å²) in [5.41, 5.74) is 1.98. The number of hydrogen-bond acceptors (Lipinski definition) is 6. The Hall–Kier alpha value is -2.81. The fourth-order valence-corrected chi connectivity index (χ4v) is 5.20. The molecule has 162 valence electrons. The Labute approximate surface area is 200 Å². The van der Waals surface area contributed by atoms with E-state index in [1.165, 1.54) is 19.1 Å². The Balaban J connectivity index is 1.85. The van der Waals surface area contributed by atoms with Gasteiger partial charge in [-0.25, -0.2) is 0 Å². The van der Waals surface area contributed by atoms with Crippen LogP contribution in [0.15, 0.2) is 57.5 Å². The first-order valence-electron chi connectivity index (χ1n) is 9.66. The van der Waals surface area contributed by atoms with Crippen LogP contribution < -0.4 is 5.32 Å². The number of nitrogens with one attached hydrogen (secondary N) is 1. The molecule has 1 aliphatic carbocycles. The van der Waals surface area contributed by atoms with Crippen LogP contribution in [0.4, 0.5) is 11.4 Å². The number of aliphatic hydroxyl groups is 1. The van der Waals surface area contributed by atoms with Crippen LogP contribution in [0.3, 0.4) is 0 Å². The summed E-state index contributed by atoms with van der Waals surface area (Å²) in [4.78, 5) is 38.3. The summed E-state index contributed by atoms with van der Waals surface area (Å²) >= 11 is 6.90. The highest BCUT2D eigenvalue weighted by molar-refractivity contribution is 9.11. The van der Waals surface area contributed by atoms with Crippen molar-refractivity contribution in [2.45, 2.75) is 12.8 Å². The van der Waals surface area contributed by atoms with Gasteiger partial charge in [0.25, 0.3) is 0 Å². The number of ketones is 3. The Bertz CT molecular complexity index is 1300. The van der Waals surface area contributed by atoms with Gasteiger partial charge in [-0.2, -0.15) is 0 Å². The van der Waals surface area contributed by atoms with Crippen molar-refractivity contribution in [3.63, 3.8) is 0 Å². The van der Waals surface area contributed by atoms with E-state index in [0.717, 1.165) is 0 Å². The quantitative estimate of drug-likeness (QED) is 0.294. The molecule has 3 N–H and O–H groups in total. The maximum Gasteiger partial charge on any atom is 0.198 e. The van der Waals surface area contributed by atoms with E-state index in [0.29, 0.717) is 25.9 Å². The maximum absolute atomic E-state index is 13.3. The Morgan fingerprint density at radius 2 is 1.56 bits per heavy atom. The largest absolute Gasteiger partial charge is 0.507 e. The Morgan fingerprint density at radius 3 is 2.16 bits per heavy atom. The van der Waals surface area contributed by atoms with Gasteiger partial charge in [-0.1, -0.05) is 40.2 Å². The van der Waals surface area contributed by atoms with E-state index < -0.39 is 11.7 Å². The predicted octanol–water partition coefficient (Wildman–Crippen LogP) is 5.10. The van der Waals surface area contributed by atoms with Crippen LogP contribution in [0.2, 0.25) is 0 Å². The molecule has 0 saturated carbocycles. The number of hydrogen-bond donors (Lipinski definition) is 3. The lowest BCUT2D eigenvalue weighted by Crippen LogP contribution is -2.22. The standard InChI is InChI=1S/C24H17Br2NO5/c1-11(29)15(10-28)14-8-19(17(26)9-16(14)25)27-18-6-7-20(30)22-21(18)23(31)12-4-2-3-5-13(12)24(22)32/h2-9,15,27-28,30H,10H2,1H3. The number of aromatic hydroxyl groups is 1. The summed E-state index contributed by atoms with van der Waals surface area (Å²) in [7, 11) is 0. The van der Waals surface area contributed by atoms with Crippen LogP contribution in [0.5, 0.6) is 5.75 Å². The molecule has 0 fully saturated rings. The van der Waals surface area contributed by atoms with Gasteiger partial charge in [-0.3, -0.25) is 14.4 Å². The van der Waals surface area contributed by atoms with Crippen LogP contribution in [-0.4, -0.2) is 34.2 Å². The number of rotatable bonds is 5. The number of Topliss-reactive ketones (excluding diaryl/α,β-unsaturated/α-hetero) is 1. The van der Waals surface area contributed by atoms with E-state index in [1.54, 1.807) is 36.4 Å². The molecule has 0 bridgehead atoms. The first-order chi connectivity index (χ1) is 15.2. The summed E-state index contributed by atoms with van der Waals surface area (Å²) in [6.07, 6.45) is 0. The summed E-state index contributed by atoms with van der Waals surface area (Å²) in [6.45, 7) is 1.05. The second-order valence-electron chi connectivity index (χ2n) is 7.41. The van der Waals surface area contributed by atoms with E-state index in [1.807, 2.05) is 0 Å². The van der Waals surface area contributed by atoms with Crippen molar-refractivity contribution in [3.8, 4) is 5.75 Å². The molecule has 0 amide bonds. The minimum absolute atomic E-state index is 0.0517. The highest BCUT2D eigenvalue weighted by Crippen LogP contribution is 2.40. The molecule has 6 nitrogen and oxygen atoms in total. The molecule has 0 spiro atoms. The fourth-order valence-electron chi connectivity index (χ4n) is 3.83. The average Bonchev–Trinajstić information content (AvgIpc) is 2.76. The Kier molecular flexibility index (Phi) is 6.03. The number of phenolic OH excluding ortho intramolecular Hbond substituents is 1. The molecule has 0 radical (unpaired) electrons. The number of aliphatic hydroxyl groups excluding tert-OH is 1. The lowest BCUT2D eigenvalue weighted by atomic mass is 9.82. The van der Waals surface area contributed by atoms with Crippen molar-refractivity contribution in [2.24, 2.45) is 0 Å². The number of fused-ring (bicyclic) bond motifs is 2. The first kappa shape index (κ1) is 22.4. The summed E-state index contributed by atoms with van der Waals surface area (Å²) in [5.74, 6) is -1.99. The van der Waals surface area contributed by atoms with E-state index in [2.05, 4.69) is 37.2 Å². The third kappa shape index (κ3) is 3.68. The summed E-state index contributed by atoms with van der Waals surface area (Å²) < 4.78 is 1.27. The highest BCUT2D eigenvalue weighted by Gasteiger charge is 2.34. The van der Waals surface area contributed by atoms with Crippen LogP contribution in [0.1, 0.15) is 50.2 Å². The molecule has 1 aliphatic rings. The molecular formula is C24H17Br2NO5. The Morgan fingerprint density at radius 1 is 0.938 bits per heavy atom. The van der Waals surface area contributed by atoms with Gasteiger partial charge in [-0.05, 0) is 52.7 Å². The van der Waals surface area contributed by atoms with Gasteiger partial charge < -0.3 is 15.5 Å². The number of benzene rings is 3. The van der Waals surface area contributed by atoms with Crippen molar-refractivity contribution in [3.05, 3.63) is 85.3 Å². The molecule has 3 aromatic rings. The maximum atomic E-state index is 13.3. The smallest absolute Gasteiger partial charge is 0.198 e. The molecule has 32 heavy (non-hydrogen) atoms. The zero-order chi connectivity index (χ0) is 23.2. The minimum atomic E-state index is -0.721. The monoisotopic (exact) mass is 557 g/mol. The molecule has 0 saturated heterocycles. The lowest BCUT2D eigenvalue weighted by Gasteiger charge is -2.23. The average molecular weight is 559 g/mol. The van der Waals surface area contributed by atoms with Crippen molar-refractivity contribution < 1.29 is 24.6 Å². The van der Waals surface area contributed by atoms with E-state index in [4.69, 9.17) is 0 Å². The van der Waals surface area contributed by atoms with Crippen molar-refractivity contribution >= 4 is 60.6 Å². The van der Waals surface area contributed by atoms with Crippen molar-refractivity contribution in [1.82, 2.24) is 0 Å². The molecule has 0 aromatic heterocycles. The second kappa shape index (κ2) is 8.61. The molecular weight excluding hydrogens is 542 g/mol. The van der Waals surface area contributed by atoms with Gasteiger partial charge in [0.05, 0.1) is 35.0 Å². The topological polar surface area (TPSA) is 104 Å². The molecule has 3 aromatic carbocycles.